The van der Waals surface area contributed by atoms with Crippen LogP contribution in [0.25, 0.3) is 0 Å². The van der Waals surface area contributed by atoms with Crippen LogP contribution in [-0.2, 0) is 16.1 Å². The lowest BCUT2D eigenvalue weighted by Crippen LogP contribution is -2.49. The number of ether oxygens (including phenoxy) is 2. The molecule has 0 aliphatic carbocycles. The van der Waals surface area contributed by atoms with Crippen molar-refractivity contribution in [2.75, 3.05) is 26.8 Å². The molecule has 0 spiro atoms. The summed E-state index contributed by atoms with van der Waals surface area (Å²) in [6.45, 7) is 3.52. The smallest absolute Gasteiger partial charge is 0.318 e. The van der Waals surface area contributed by atoms with Crippen LogP contribution in [0.1, 0.15) is 17.5 Å². The highest BCUT2D eigenvalue weighted by Crippen LogP contribution is 2.23. The number of hydrogen-bond donors (Lipinski definition) is 2. The average molecular weight is 412 g/mol. The molecule has 1 saturated heterocycles. The Balaban J connectivity index is 1.64. The SMILES string of the molecule is COCCNC(=O)[C@H]1C[C@H](Oc2cccnc2)CN1C(=O)NCc1ccc(C)cc1. The number of nitrogens with one attached hydrogen (secondary N) is 2. The zero-order valence-electron chi connectivity index (χ0n) is 17.3. The second kappa shape index (κ2) is 10.6. The molecule has 2 aromatic rings. The molecular weight excluding hydrogens is 384 g/mol. The summed E-state index contributed by atoms with van der Waals surface area (Å²) in [5, 5.41) is 5.73. The Hall–Kier alpha value is -3.13. The largest absolute Gasteiger partial charge is 0.487 e. The molecule has 2 atom stereocenters. The van der Waals surface area contributed by atoms with Crippen LogP contribution in [0.4, 0.5) is 4.79 Å². The minimum absolute atomic E-state index is 0.213. The van der Waals surface area contributed by atoms with Gasteiger partial charge in [0.05, 0.1) is 19.3 Å². The fraction of sp³-hybridized carbons (Fsp3) is 0.409. The van der Waals surface area contributed by atoms with Crippen molar-refractivity contribution in [1.29, 1.82) is 0 Å². The molecule has 2 N–H and O–H groups in total. The van der Waals surface area contributed by atoms with Gasteiger partial charge >= 0.3 is 6.03 Å². The van der Waals surface area contributed by atoms with Gasteiger partial charge in [-0.15, -0.1) is 0 Å². The highest BCUT2D eigenvalue weighted by molar-refractivity contribution is 5.87. The monoisotopic (exact) mass is 412 g/mol. The molecule has 0 bridgehead atoms. The number of carbonyl (C=O) groups excluding carboxylic acids is 2. The van der Waals surface area contributed by atoms with E-state index in [0.717, 1.165) is 11.1 Å². The van der Waals surface area contributed by atoms with Crippen LogP contribution in [0, 0.1) is 6.92 Å². The van der Waals surface area contributed by atoms with Crippen LogP contribution in [0.15, 0.2) is 48.8 Å². The Morgan fingerprint density at radius 3 is 2.70 bits per heavy atom. The molecule has 1 aromatic heterocycles. The molecule has 0 radical (unpaired) electrons. The van der Waals surface area contributed by atoms with Crippen LogP contribution < -0.4 is 15.4 Å². The van der Waals surface area contributed by atoms with E-state index in [4.69, 9.17) is 9.47 Å². The van der Waals surface area contributed by atoms with Crippen molar-refractivity contribution in [3.8, 4) is 5.75 Å². The molecule has 1 fully saturated rings. The van der Waals surface area contributed by atoms with Crippen molar-refractivity contribution in [2.24, 2.45) is 0 Å². The van der Waals surface area contributed by atoms with Gasteiger partial charge in [-0.1, -0.05) is 29.8 Å². The van der Waals surface area contributed by atoms with Crippen molar-refractivity contribution in [3.05, 3.63) is 59.9 Å². The summed E-state index contributed by atoms with van der Waals surface area (Å²) in [7, 11) is 1.57. The van der Waals surface area contributed by atoms with Crippen LogP contribution in [0.5, 0.6) is 5.75 Å². The fourth-order valence-corrected chi connectivity index (χ4v) is 3.34. The lowest BCUT2D eigenvalue weighted by molar-refractivity contribution is -0.124. The van der Waals surface area contributed by atoms with Gasteiger partial charge in [0.25, 0.3) is 0 Å². The van der Waals surface area contributed by atoms with E-state index in [1.807, 2.05) is 31.2 Å². The molecular formula is C22H28N4O4. The van der Waals surface area contributed by atoms with E-state index in [1.54, 1.807) is 31.6 Å². The third-order valence-electron chi connectivity index (χ3n) is 4.93. The van der Waals surface area contributed by atoms with E-state index in [-0.39, 0.29) is 18.0 Å². The summed E-state index contributed by atoms with van der Waals surface area (Å²) < 4.78 is 10.9. The molecule has 30 heavy (non-hydrogen) atoms. The lowest BCUT2D eigenvalue weighted by atomic mass is 10.1. The number of methoxy groups -OCH3 is 1. The van der Waals surface area contributed by atoms with Gasteiger partial charge in [-0.25, -0.2) is 4.79 Å². The van der Waals surface area contributed by atoms with Crippen molar-refractivity contribution in [1.82, 2.24) is 20.5 Å². The van der Waals surface area contributed by atoms with Crippen molar-refractivity contribution in [2.45, 2.75) is 32.0 Å². The quantitative estimate of drug-likeness (QED) is 0.646. The topological polar surface area (TPSA) is 92.8 Å². The van der Waals surface area contributed by atoms with Crippen molar-refractivity contribution >= 4 is 11.9 Å². The minimum Gasteiger partial charge on any atom is -0.487 e. The summed E-state index contributed by atoms with van der Waals surface area (Å²) >= 11 is 0. The Bertz CT molecular complexity index is 829. The number of urea groups is 1. The normalized spacial score (nSPS) is 18.1. The van der Waals surface area contributed by atoms with Gasteiger partial charge in [0.15, 0.2) is 0 Å². The van der Waals surface area contributed by atoms with E-state index in [1.165, 1.54) is 4.90 Å². The van der Waals surface area contributed by atoms with E-state index < -0.39 is 6.04 Å². The maximum absolute atomic E-state index is 12.9. The van der Waals surface area contributed by atoms with Gasteiger partial charge in [-0.2, -0.15) is 0 Å². The summed E-state index contributed by atoms with van der Waals surface area (Å²) in [6.07, 6.45) is 3.40. The number of rotatable bonds is 8. The maximum Gasteiger partial charge on any atom is 0.318 e. The van der Waals surface area contributed by atoms with Gasteiger partial charge in [0.2, 0.25) is 5.91 Å². The number of amides is 3. The average Bonchev–Trinajstić information content (AvgIpc) is 3.18. The zero-order valence-corrected chi connectivity index (χ0v) is 17.3. The Kier molecular flexibility index (Phi) is 7.62. The maximum atomic E-state index is 12.9. The Morgan fingerprint density at radius 1 is 1.20 bits per heavy atom. The summed E-state index contributed by atoms with van der Waals surface area (Å²) in [5.74, 6) is 0.401. The molecule has 8 heteroatoms. The number of nitrogens with zero attached hydrogens (tertiary/aromatic N) is 2. The molecule has 3 rings (SSSR count). The number of pyridine rings is 1. The summed E-state index contributed by atoms with van der Waals surface area (Å²) in [4.78, 5) is 31.1. The number of aromatic nitrogens is 1. The standard InChI is InChI=1S/C22H28N4O4/c1-16-5-7-17(8-6-16)13-25-22(28)26-15-19(30-18-4-3-9-23-14-18)12-20(26)21(27)24-10-11-29-2/h3-9,14,19-20H,10-13,15H2,1-2H3,(H,24,27)(H,25,28)/t19-,20+/m0/s1. The first-order valence-corrected chi connectivity index (χ1v) is 10.00. The second-order valence-corrected chi connectivity index (χ2v) is 7.26. The molecule has 0 unspecified atom stereocenters. The molecule has 160 valence electrons. The summed E-state index contributed by atoms with van der Waals surface area (Å²) in [6, 6.07) is 10.6. The molecule has 0 saturated carbocycles. The first-order chi connectivity index (χ1) is 14.6. The molecule has 1 aliphatic heterocycles. The first kappa shape index (κ1) is 21.6. The van der Waals surface area contributed by atoms with Gasteiger partial charge in [0.1, 0.15) is 17.9 Å². The number of benzene rings is 1. The molecule has 3 amide bonds. The predicted octanol–water partition coefficient (Wildman–Crippen LogP) is 1.88. The van der Waals surface area contributed by atoms with Crippen molar-refractivity contribution < 1.29 is 19.1 Å². The highest BCUT2D eigenvalue weighted by Gasteiger charge is 2.40. The highest BCUT2D eigenvalue weighted by atomic mass is 16.5. The molecule has 8 nitrogen and oxygen atoms in total. The van der Waals surface area contributed by atoms with Crippen LogP contribution in [0.3, 0.4) is 0 Å². The van der Waals surface area contributed by atoms with Gasteiger partial charge < -0.3 is 25.0 Å². The zero-order chi connectivity index (χ0) is 21.3. The molecule has 1 aromatic carbocycles. The van der Waals surface area contributed by atoms with Crippen LogP contribution in [-0.4, -0.2) is 60.8 Å². The number of likely N-dealkylation sites (tertiary alicyclic amines) is 1. The van der Waals surface area contributed by atoms with E-state index in [2.05, 4.69) is 15.6 Å². The van der Waals surface area contributed by atoms with E-state index in [9.17, 15) is 9.59 Å². The van der Waals surface area contributed by atoms with E-state index in [0.29, 0.717) is 38.4 Å². The Morgan fingerprint density at radius 2 is 2.00 bits per heavy atom. The third-order valence-corrected chi connectivity index (χ3v) is 4.93. The second-order valence-electron chi connectivity index (χ2n) is 7.26. The third kappa shape index (κ3) is 5.93. The number of aryl methyl sites for hydroxylation is 1. The van der Waals surface area contributed by atoms with Gasteiger partial charge in [-0.3, -0.25) is 9.78 Å². The Labute approximate surface area is 176 Å². The molecule has 2 heterocycles. The predicted molar refractivity (Wildman–Crippen MR) is 112 cm³/mol. The number of hydrogen-bond acceptors (Lipinski definition) is 5. The van der Waals surface area contributed by atoms with Crippen LogP contribution >= 0.6 is 0 Å². The minimum atomic E-state index is -0.610. The lowest BCUT2D eigenvalue weighted by Gasteiger charge is -2.24. The van der Waals surface area contributed by atoms with Crippen molar-refractivity contribution in [3.63, 3.8) is 0 Å². The van der Waals surface area contributed by atoms with E-state index >= 15 is 0 Å². The van der Waals surface area contributed by atoms with Crippen LogP contribution in [0.2, 0.25) is 0 Å². The molecule has 1 aliphatic rings. The first-order valence-electron chi connectivity index (χ1n) is 10.00. The van der Waals surface area contributed by atoms with Gasteiger partial charge in [0, 0.05) is 32.8 Å². The summed E-state index contributed by atoms with van der Waals surface area (Å²) in [5.41, 5.74) is 2.16. The number of carbonyl (C=O) groups is 2. The van der Waals surface area contributed by atoms with Gasteiger partial charge in [-0.05, 0) is 24.6 Å². The fourth-order valence-electron chi connectivity index (χ4n) is 3.34.